The number of likely N-dealkylation sites (tertiary alicyclic amines) is 1. The van der Waals surface area contributed by atoms with Crippen molar-refractivity contribution < 1.29 is 0 Å². The Morgan fingerprint density at radius 2 is 1.76 bits per heavy atom. The molecule has 1 unspecified atom stereocenters. The van der Waals surface area contributed by atoms with Gasteiger partial charge in [-0.15, -0.1) is 0 Å². The first-order valence-electron chi connectivity index (χ1n) is 12.1. The van der Waals surface area contributed by atoms with E-state index in [0.717, 1.165) is 60.1 Å². The molecule has 0 aliphatic carbocycles. The predicted octanol–water partition coefficient (Wildman–Crippen LogP) is 4.38. The van der Waals surface area contributed by atoms with E-state index in [-0.39, 0.29) is 6.04 Å². The second-order valence-corrected chi connectivity index (χ2v) is 9.75. The van der Waals surface area contributed by atoms with Gasteiger partial charge in [0.1, 0.15) is 0 Å². The summed E-state index contributed by atoms with van der Waals surface area (Å²) < 4.78 is 2.09. The number of imidazole rings is 1. The maximum atomic E-state index is 6.42. The monoisotopic (exact) mass is 442 g/mol. The van der Waals surface area contributed by atoms with E-state index in [1.807, 2.05) is 18.2 Å². The molecule has 3 heterocycles. The van der Waals surface area contributed by atoms with Gasteiger partial charge in [-0.25, -0.2) is 4.98 Å². The molecule has 172 valence electrons. The zero-order valence-corrected chi connectivity index (χ0v) is 19.6. The van der Waals surface area contributed by atoms with Crippen molar-refractivity contribution in [3.8, 4) is 0 Å². The number of pyridine rings is 1. The summed E-state index contributed by atoms with van der Waals surface area (Å²) in [6.07, 6.45) is 2.26. The molecule has 0 saturated carbocycles. The molecule has 0 amide bonds. The molecule has 6 heteroatoms. The number of piperidine rings is 1. The summed E-state index contributed by atoms with van der Waals surface area (Å²) in [7, 11) is 0. The van der Waals surface area contributed by atoms with Crippen LogP contribution in [-0.4, -0.2) is 45.1 Å². The first-order chi connectivity index (χ1) is 16.0. The fourth-order valence-corrected chi connectivity index (χ4v) is 4.98. The van der Waals surface area contributed by atoms with E-state index in [4.69, 9.17) is 21.4 Å². The highest BCUT2D eigenvalue weighted by atomic mass is 15.2. The Bertz CT molecular complexity index is 1250. The van der Waals surface area contributed by atoms with Crippen LogP contribution in [0.5, 0.6) is 0 Å². The highest BCUT2D eigenvalue weighted by Gasteiger charge is 2.25. The van der Waals surface area contributed by atoms with E-state index in [1.54, 1.807) is 0 Å². The molecular weight excluding hydrogens is 408 g/mol. The largest absolute Gasteiger partial charge is 0.369 e. The second-order valence-electron chi connectivity index (χ2n) is 9.75. The minimum atomic E-state index is 0.240. The van der Waals surface area contributed by atoms with Crippen molar-refractivity contribution in [1.82, 2.24) is 19.4 Å². The quantitative estimate of drug-likeness (QED) is 0.463. The van der Waals surface area contributed by atoms with Crippen LogP contribution >= 0.6 is 0 Å². The zero-order valence-electron chi connectivity index (χ0n) is 19.6. The Morgan fingerprint density at radius 1 is 0.970 bits per heavy atom. The SMILES string of the molecule is CC(C)C(N)CN1CCC(c2cccc3c2nc(N)n3Cc2ccc3ccccc3n2)CC1. The number of aromatic nitrogens is 3. The van der Waals surface area contributed by atoms with Crippen molar-refractivity contribution in [2.75, 3.05) is 25.4 Å². The van der Waals surface area contributed by atoms with Gasteiger partial charge in [-0.3, -0.25) is 4.98 Å². The fraction of sp³-hybridized carbons (Fsp3) is 0.407. The normalized spacial score (nSPS) is 16.7. The number of nitrogens with two attached hydrogens (primary N) is 2. The van der Waals surface area contributed by atoms with Crippen LogP contribution in [0.25, 0.3) is 21.9 Å². The number of para-hydroxylation sites is 2. The average molecular weight is 443 g/mol. The van der Waals surface area contributed by atoms with E-state index in [2.05, 4.69) is 59.7 Å². The van der Waals surface area contributed by atoms with Gasteiger partial charge in [0.2, 0.25) is 5.95 Å². The van der Waals surface area contributed by atoms with Crippen molar-refractivity contribution in [1.29, 1.82) is 0 Å². The predicted molar refractivity (Wildman–Crippen MR) is 136 cm³/mol. The van der Waals surface area contributed by atoms with Crippen LogP contribution < -0.4 is 11.5 Å². The minimum absolute atomic E-state index is 0.240. The molecule has 2 aromatic heterocycles. The first-order valence-corrected chi connectivity index (χ1v) is 12.1. The summed E-state index contributed by atoms with van der Waals surface area (Å²) in [4.78, 5) is 12.2. The number of fused-ring (bicyclic) bond motifs is 2. The standard InChI is InChI=1S/C27H34N6/c1-18(2)23(28)17-32-14-12-19(13-15-32)22-7-5-9-25-26(22)31-27(29)33(25)16-21-11-10-20-6-3-4-8-24(20)30-21/h3-11,18-19,23H,12-17,28H2,1-2H3,(H2,29,31). The first kappa shape index (κ1) is 21.9. The molecule has 0 spiro atoms. The van der Waals surface area contributed by atoms with Gasteiger partial charge in [-0.05, 0) is 61.5 Å². The molecule has 0 radical (unpaired) electrons. The van der Waals surface area contributed by atoms with E-state index in [9.17, 15) is 0 Å². The highest BCUT2D eigenvalue weighted by molar-refractivity contribution is 5.82. The third-order valence-corrected chi connectivity index (χ3v) is 7.17. The summed E-state index contributed by atoms with van der Waals surface area (Å²) in [5.41, 5.74) is 18.2. The van der Waals surface area contributed by atoms with E-state index >= 15 is 0 Å². The highest BCUT2D eigenvalue weighted by Crippen LogP contribution is 2.34. The molecule has 0 bridgehead atoms. The summed E-state index contributed by atoms with van der Waals surface area (Å²) in [6.45, 7) is 8.16. The molecule has 4 aromatic rings. The smallest absolute Gasteiger partial charge is 0.201 e. The Morgan fingerprint density at radius 3 is 2.55 bits per heavy atom. The Hall–Kier alpha value is -2.96. The van der Waals surface area contributed by atoms with Gasteiger partial charge in [0, 0.05) is 18.0 Å². The Labute approximate surface area is 195 Å². The average Bonchev–Trinajstić information content (AvgIpc) is 3.14. The lowest BCUT2D eigenvalue weighted by atomic mass is 9.88. The molecule has 1 aliphatic rings. The summed E-state index contributed by atoms with van der Waals surface area (Å²) in [5.74, 6) is 1.56. The van der Waals surface area contributed by atoms with Crippen LogP contribution in [0.2, 0.25) is 0 Å². The van der Waals surface area contributed by atoms with Crippen LogP contribution in [0.1, 0.15) is 43.9 Å². The van der Waals surface area contributed by atoms with Gasteiger partial charge in [-0.1, -0.05) is 50.2 Å². The lowest BCUT2D eigenvalue weighted by Crippen LogP contribution is -2.43. The lowest BCUT2D eigenvalue weighted by molar-refractivity contribution is 0.189. The van der Waals surface area contributed by atoms with Crippen molar-refractivity contribution >= 4 is 27.9 Å². The maximum absolute atomic E-state index is 6.42. The summed E-state index contributed by atoms with van der Waals surface area (Å²) in [6, 6.07) is 19.1. The molecule has 6 nitrogen and oxygen atoms in total. The van der Waals surface area contributed by atoms with Crippen molar-refractivity contribution in [2.45, 2.75) is 45.2 Å². The number of hydrogen-bond donors (Lipinski definition) is 2. The molecule has 5 rings (SSSR count). The molecule has 4 N–H and O–H groups in total. The van der Waals surface area contributed by atoms with Crippen LogP contribution in [0.3, 0.4) is 0 Å². The van der Waals surface area contributed by atoms with E-state index < -0.39 is 0 Å². The molecular formula is C27H34N6. The van der Waals surface area contributed by atoms with Gasteiger partial charge in [0.15, 0.2) is 0 Å². The molecule has 1 aliphatic heterocycles. The lowest BCUT2D eigenvalue weighted by Gasteiger charge is -2.34. The van der Waals surface area contributed by atoms with Crippen molar-refractivity contribution in [2.24, 2.45) is 11.7 Å². The number of hydrogen-bond acceptors (Lipinski definition) is 5. The number of nitrogens with zero attached hydrogens (tertiary/aromatic N) is 4. The van der Waals surface area contributed by atoms with Crippen LogP contribution in [-0.2, 0) is 6.54 Å². The van der Waals surface area contributed by atoms with Crippen LogP contribution in [0.15, 0.2) is 54.6 Å². The number of rotatable bonds is 6. The summed E-state index contributed by atoms with van der Waals surface area (Å²) >= 11 is 0. The minimum Gasteiger partial charge on any atom is -0.369 e. The second kappa shape index (κ2) is 9.12. The Kier molecular flexibility index (Phi) is 6.04. The van der Waals surface area contributed by atoms with Gasteiger partial charge in [0.25, 0.3) is 0 Å². The third-order valence-electron chi connectivity index (χ3n) is 7.17. The van der Waals surface area contributed by atoms with Gasteiger partial charge < -0.3 is 20.9 Å². The number of benzene rings is 2. The molecule has 33 heavy (non-hydrogen) atoms. The molecule has 1 atom stereocenters. The molecule has 2 aromatic carbocycles. The van der Waals surface area contributed by atoms with Gasteiger partial charge in [-0.2, -0.15) is 0 Å². The van der Waals surface area contributed by atoms with Crippen molar-refractivity contribution in [3.05, 3.63) is 65.9 Å². The van der Waals surface area contributed by atoms with Crippen LogP contribution in [0, 0.1) is 5.92 Å². The Balaban J connectivity index is 1.37. The number of nitrogen functional groups attached to an aromatic ring is 1. The topological polar surface area (TPSA) is 86.0 Å². The maximum Gasteiger partial charge on any atom is 0.201 e. The van der Waals surface area contributed by atoms with Gasteiger partial charge in [0.05, 0.1) is 28.8 Å². The molecule has 1 saturated heterocycles. The third kappa shape index (κ3) is 4.45. The zero-order chi connectivity index (χ0) is 22.9. The van der Waals surface area contributed by atoms with Crippen molar-refractivity contribution in [3.63, 3.8) is 0 Å². The fourth-order valence-electron chi connectivity index (χ4n) is 4.98. The van der Waals surface area contributed by atoms with Crippen LogP contribution in [0.4, 0.5) is 5.95 Å². The van der Waals surface area contributed by atoms with Gasteiger partial charge >= 0.3 is 0 Å². The molecule has 1 fully saturated rings. The number of anilines is 1. The summed E-state index contributed by atoms with van der Waals surface area (Å²) in [5, 5.41) is 1.15. The van der Waals surface area contributed by atoms with E-state index in [0.29, 0.717) is 24.3 Å². The van der Waals surface area contributed by atoms with E-state index in [1.165, 1.54) is 5.56 Å².